The summed E-state index contributed by atoms with van der Waals surface area (Å²) in [5.74, 6) is 0.906. The molecule has 1 aliphatic rings. The fourth-order valence-corrected chi connectivity index (χ4v) is 3.34. The summed E-state index contributed by atoms with van der Waals surface area (Å²) in [6, 6.07) is 16.2. The van der Waals surface area contributed by atoms with Crippen LogP contribution in [-0.2, 0) is 0 Å². The lowest BCUT2D eigenvalue weighted by molar-refractivity contribution is 0.339. The van der Waals surface area contributed by atoms with E-state index in [1.807, 2.05) is 56.6 Å². The van der Waals surface area contributed by atoms with Gasteiger partial charge in [0.2, 0.25) is 0 Å². The first kappa shape index (κ1) is 15.5. The number of fused-ring (bicyclic) bond motifs is 1. The van der Waals surface area contributed by atoms with Crippen LogP contribution in [0.1, 0.15) is 12.5 Å². The molecule has 0 atom stereocenters. The average molecular weight is 325 g/mol. The molecule has 0 radical (unpaired) electrons. The minimum atomic E-state index is 0.678. The number of hydrogen-bond donors (Lipinski definition) is 1. The summed E-state index contributed by atoms with van der Waals surface area (Å²) in [6.45, 7) is 2.67. The molecule has 1 N–H and O–H groups in total. The molecule has 0 bridgehead atoms. The van der Waals surface area contributed by atoms with Crippen LogP contribution in [-0.4, -0.2) is 19.9 Å². The minimum Gasteiger partial charge on any atom is -0.494 e. The van der Waals surface area contributed by atoms with Gasteiger partial charge in [-0.3, -0.25) is 5.43 Å². The van der Waals surface area contributed by atoms with Crippen LogP contribution < -0.4 is 15.1 Å². The van der Waals surface area contributed by atoms with Crippen molar-refractivity contribution in [1.82, 2.24) is 5.43 Å². The summed E-state index contributed by atoms with van der Waals surface area (Å²) in [7, 11) is 2.05. The molecule has 1 heterocycles. The van der Waals surface area contributed by atoms with E-state index in [9.17, 15) is 0 Å². The number of hydrogen-bond acceptors (Lipinski definition) is 5. The molecule has 2 aromatic carbocycles. The van der Waals surface area contributed by atoms with Gasteiger partial charge in [-0.05, 0) is 30.7 Å². The van der Waals surface area contributed by atoms with Gasteiger partial charge in [0.05, 0.1) is 29.7 Å². The van der Waals surface area contributed by atoms with Crippen LogP contribution in [0.5, 0.6) is 5.75 Å². The molecular formula is C18H19N3OS. The third kappa shape index (κ3) is 3.68. The molecule has 0 aromatic heterocycles. The zero-order valence-electron chi connectivity index (χ0n) is 13.2. The first-order valence-electron chi connectivity index (χ1n) is 7.50. The van der Waals surface area contributed by atoms with Gasteiger partial charge in [-0.25, -0.2) is 0 Å². The van der Waals surface area contributed by atoms with Crippen LogP contribution in [0.4, 0.5) is 5.69 Å². The third-order valence-electron chi connectivity index (χ3n) is 3.42. The van der Waals surface area contributed by atoms with Crippen molar-refractivity contribution in [3.63, 3.8) is 0 Å². The maximum Gasteiger partial charge on any atom is 0.120 e. The standard InChI is InChI=1S/C18H19N3OS/c1-3-22-15-9-10-16-17(11-15)23-18(21(16)2)13-20-19-12-14-7-5-4-6-8-14/h4-13,20H,3H2,1-2H3/b18-13-,19-12+. The SMILES string of the molecule is CCOc1ccc2c(c1)S/C(=C\N/N=C/c1ccccc1)N2C. The Hall–Kier alpha value is -2.40. The molecular weight excluding hydrogens is 306 g/mol. The molecule has 2 aromatic rings. The molecule has 23 heavy (non-hydrogen) atoms. The maximum atomic E-state index is 5.56. The predicted octanol–water partition coefficient (Wildman–Crippen LogP) is 4.05. The Morgan fingerprint density at radius 3 is 2.83 bits per heavy atom. The van der Waals surface area contributed by atoms with Crippen LogP contribution in [0.25, 0.3) is 0 Å². The fraction of sp³-hybridized carbons (Fsp3) is 0.167. The Kier molecular flexibility index (Phi) is 4.88. The van der Waals surface area contributed by atoms with Crippen LogP contribution in [0, 0.1) is 0 Å². The summed E-state index contributed by atoms with van der Waals surface area (Å²) >= 11 is 1.70. The molecule has 3 rings (SSSR count). The van der Waals surface area contributed by atoms with Crippen molar-refractivity contribution in [2.45, 2.75) is 11.8 Å². The zero-order chi connectivity index (χ0) is 16.1. The van der Waals surface area contributed by atoms with Gasteiger partial charge in [-0.2, -0.15) is 5.10 Å². The number of rotatable bonds is 5. The topological polar surface area (TPSA) is 36.9 Å². The molecule has 0 aliphatic carbocycles. The second kappa shape index (κ2) is 7.24. The molecule has 0 saturated carbocycles. The van der Waals surface area contributed by atoms with Gasteiger partial charge in [0, 0.05) is 11.9 Å². The lowest BCUT2D eigenvalue weighted by atomic mass is 10.2. The van der Waals surface area contributed by atoms with E-state index in [0.29, 0.717) is 6.61 Å². The van der Waals surface area contributed by atoms with Crippen molar-refractivity contribution >= 4 is 23.7 Å². The van der Waals surface area contributed by atoms with Gasteiger partial charge in [-0.15, -0.1) is 0 Å². The Balaban J connectivity index is 1.66. The molecule has 1 aliphatic heterocycles. The van der Waals surface area contributed by atoms with Gasteiger partial charge in [0.15, 0.2) is 0 Å². The van der Waals surface area contributed by atoms with E-state index in [4.69, 9.17) is 4.74 Å². The summed E-state index contributed by atoms with van der Waals surface area (Å²) in [4.78, 5) is 3.33. The Bertz CT molecular complexity index is 728. The zero-order valence-corrected chi connectivity index (χ0v) is 14.0. The monoisotopic (exact) mass is 325 g/mol. The lowest BCUT2D eigenvalue weighted by Crippen LogP contribution is -2.11. The molecule has 5 heteroatoms. The van der Waals surface area contributed by atoms with Crippen molar-refractivity contribution in [3.8, 4) is 5.75 Å². The lowest BCUT2D eigenvalue weighted by Gasteiger charge is -2.13. The number of ether oxygens (including phenoxy) is 1. The number of anilines is 1. The highest BCUT2D eigenvalue weighted by Gasteiger charge is 2.22. The summed E-state index contributed by atoms with van der Waals surface area (Å²) in [6.07, 6.45) is 3.71. The maximum absolute atomic E-state index is 5.56. The van der Waals surface area contributed by atoms with Crippen molar-refractivity contribution in [2.75, 3.05) is 18.6 Å². The third-order valence-corrected chi connectivity index (χ3v) is 4.57. The van der Waals surface area contributed by atoms with Crippen molar-refractivity contribution < 1.29 is 4.74 Å². The largest absolute Gasteiger partial charge is 0.494 e. The smallest absolute Gasteiger partial charge is 0.120 e. The molecule has 0 amide bonds. The van der Waals surface area contributed by atoms with Crippen LogP contribution in [0.2, 0.25) is 0 Å². The number of benzene rings is 2. The van der Waals surface area contributed by atoms with Gasteiger partial charge in [0.1, 0.15) is 5.75 Å². The summed E-state index contributed by atoms with van der Waals surface area (Å²) in [5, 5.41) is 5.33. The molecule has 0 saturated heterocycles. The normalized spacial score (nSPS) is 15.2. The Morgan fingerprint density at radius 2 is 2.04 bits per heavy atom. The molecule has 118 valence electrons. The van der Waals surface area contributed by atoms with E-state index < -0.39 is 0 Å². The highest BCUT2D eigenvalue weighted by Crippen LogP contribution is 2.46. The Labute approximate surface area is 140 Å². The van der Waals surface area contributed by atoms with Gasteiger partial charge in [-0.1, -0.05) is 42.1 Å². The predicted molar refractivity (Wildman–Crippen MR) is 97.1 cm³/mol. The number of nitrogens with one attached hydrogen (secondary N) is 1. The second-order valence-electron chi connectivity index (χ2n) is 5.00. The van der Waals surface area contributed by atoms with E-state index in [-0.39, 0.29) is 0 Å². The number of thioether (sulfide) groups is 1. The van der Waals surface area contributed by atoms with E-state index >= 15 is 0 Å². The highest BCUT2D eigenvalue weighted by atomic mass is 32.2. The number of hydrazone groups is 1. The minimum absolute atomic E-state index is 0.678. The Morgan fingerprint density at radius 1 is 1.22 bits per heavy atom. The van der Waals surface area contributed by atoms with Crippen molar-refractivity contribution in [1.29, 1.82) is 0 Å². The number of nitrogens with zero attached hydrogens (tertiary/aromatic N) is 2. The van der Waals surface area contributed by atoms with Crippen LogP contribution in [0.3, 0.4) is 0 Å². The van der Waals surface area contributed by atoms with E-state index in [0.717, 1.165) is 16.3 Å². The van der Waals surface area contributed by atoms with Crippen molar-refractivity contribution in [3.05, 3.63) is 65.3 Å². The molecule has 0 unspecified atom stereocenters. The molecule has 0 fully saturated rings. The fourth-order valence-electron chi connectivity index (χ4n) is 2.28. The first-order valence-corrected chi connectivity index (χ1v) is 8.32. The van der Waals surface area contributed by atoms with Crippen LogP contribution >= 0.6 is 11.8 Å². The van der Waals surface area contributed by atoms with Gasteiger partial charge < -0.3 is 9.64 Å². The van der Waals surface area contributed by atoms with Crippen LogP contribution in [0.15, 0.2) is 69.8 Å². The quantitative estimate of drug-likeness (QED) is 0.665. The molecule has 0 spiro atoms. The van der Waals surface area contributed by atoms with E-state index in [2.05, 4.69) is 27.6 Å². The first-order chi connectivity index (χ1) is 11.3. The summed E-state index contributed by atoms with van der Waals surface area (Å²) < 4.78 is 5.56. The average Bonchev–Trinajstić information content (AvgIpc) is 2.89. The van der Waals surface area contributed by atoms with Crippen molar-refractivity contribution in [2.24, 2.45) is 5.10 Å². The van der Waals surface area contributed by atoms with Gasteiger partial charge >= 0.3 is 0 Å². The van der Waals surface area contributed by atoms with E-state index in [1.54, 1.807) is 18.0 Å². The summed E-state index contributed by atoms with van der Waals surface area (Å²) in [5.41, 5.74) is 5.24. The highest BCUT2D eigenvalue weighted by molar-refractivity contribution is 8.03. The van der Waals surface area contributed by atoms with Gasteiger partial charge in [0.25, 0.3) is 0 Å². The van der Waals surface area contributed by atoms with E-state index in [1.165, 1.54) is 10.6 Å². The molecule has 4 nitrogen and oxygen atoms in total. The second-order valence-corrected chi connectivity index (χ2v) is 6.07.